The van der Waals surface area contributed by atoms with E-state index in [0.717, 1.165) is 36.8 Å². The summed E-state index contributed by atoms with van der Waals surface area (Å²) < 4.78 is 30.1. The zero-order chi connectivity index (χ0) is 20.3. The highest BCUT2D eigenvalue weighted by Crippen LogP contribution is 2.19. The van der Waals surface area contributed by atoms with E-state index >= 15 is 0 Å². The Morgan fingerprint density at radius 2 is 2.00 bits per heavy atom. The van der Waals surface area contributed by atoms with Gasteiger partial charge in [-0.25, -0.2) is 12.7 Å². The maximum atomic E-state index is 11.6. The summed E-state index contributed by atoms with van der Waals surface area (Å²) in [5.41, 5.74) is 2.37. The van der Waals surface area contributed by atoms with Crippen molar-refractivity contribution in [2.75, 3.05) is 46.1 Å². The molecule has 0 aliphatic carbocycles. The molecule has 1 rings (SSSR count). The molecule has 0 bridgehead atoms. The minimum absolute atomic E-state index is 0.485. The summed E-state index contributed by atoms with van der Waals surface area (Å²) in [4.78, 5) is 4.53. The highest BCUT2D eigenvalue weighted by Gasteiger charge is 2.13. The number of benzene rings is 1. The van der Waals surface area contributed by atoms with Crippen LogP contribution in [0.15, 0.2) is 23.2 Å². The summed E-state index contributed by atoms with van der Waals surface area (Å²) in [5, 5.41) is 6.54. The van der Waals surface area contributed by atoms with Crippen molar-refractivity contribution in [1.29, 1.82) is 0 Å². The second-order valence-corrected chi connectivity index (χ2v) is 8.34. The molecule has 0 heterocycles. The lowest BCUT2D eigenvalue weighted by atomic mass is 10.1. The number of guanidine groups is 1. The minimum atomic E-state index is -3.14. The second-order valence-electron chi connectivity index (χ2n) is 6.36. The van der Waals surface area contributed by atoms with Crippen LogP contribution in [0.5, 0.6) is 5.75 Å². The number of methoxy groups -OCH3 is 1. The molecule has 0 saturated heterocycles. The zero-order valence-corrected chi connectivity index (χ0v) is 18.0. The predicted octanol–water partition coefficient (Wildman–Crippen LogP) is 1.77. The summed E-state index contributed by atoms with van der Waals surface area (Å²) >= 11 is 0. The second kappa shape index (κ2) is 11.8. The first-order chi connectivity index (χ1) is 12.8. The largest absolute Gasteiger partial charge is 0.496 e. The molecule has 7 nitrogen and oxygen atoms in total. The van der Waals surface area contributed by atoms with Gasteiger partial charge in [0.1, 0.15) is 5.75 Å². The van der Waals surface area contributed by atoms with Gasteiger partial charge in [-0.2, -0.15) is 0 Å². The molecule has 0 saturated carbocycles. The Morgan fingerprint density at radius 3 is 2.59 bits per heavy atom. The van der Waals surface area contributed by atoms with Crippen LogP contribution in [0.4, 0.5) is 0 Å². The summed E-state index contributed by atoms with van der Waals surface area (Å²) in [6.07, 6.45) is 2.75. The Labute approximate surface area is 164 Å². The van der Waals surface area contributed by atoms with Crippen LogP contribution in [0.25, 0.3) is 0 Å². The molecule has 1 aromatic carbocycles. The van der Waals surface area contributed by atoms with Gasteiger partial charge in [0.2, 0.25) is 10.0 Å². The topological polar surface area (TPSA) is 83.0 Å². The summed E-state index contributed by atoms with van der Waals surface area (Å²) in [7, 11) is -1.46. The molecule has 0 unspecified atom stereocenters. The SMILES string of the molecule is CCNC(=NCCCN(CC)S(C)(=O)=O)NCCc1cc(C)ccc1OC. The van der Waals surface area contributed by atoms with E-state index < -0.39 is 10.0 Å². The molecule has 27 heavy (non-hydrogen) atoms. The maximum absolute atomic E-state index is 11.6. The average Bonchev–Trinajstić information content (AvgIpc) is 2.60. The summed E-state index contributed by atoms with van der Waals surface area (Å²) in [5.74, 6) is 1.64. The standard InChI is InChI=1S/C19H34N4O3S/c1-6-20-19(21-12-8-14-23(7-2)27(5,24)25)22-13-11-17-15-16(3)9-10-18(17)26-4/h9-10,15H,6-8,11-14H2,1-5H3,(H2,20,21,22). The van der Waals surface area contributed by atoms with Crippen LogP contribution in [-0.2, 0) is 16.4 Å². The minimum Gasteiger partial charge on any atom is -0.496 e. The van der Waals surface area contributed by atoms with Crippen LogP contribution in [-0.4, -0.2) is 64.8 Å². The molecular formula is C19H34N4O3S. The zero-order valence-electron chi connectivity index (χ0n) is 17.2. The van der Waals surface area contributed by atoms with Gasteiger partial charge in [-0.05, 0) is 38.3 Å². The van der Waals surface area contributed by atoms with Gasteiger partial charge in [-0.1, -0.05) is 24.6 Å². The van der Waals surface area contributed by atoms with Gasteiger partial charge in [0.25, 0.3) is 0 Å². The molecule has 0 aliphatic rings. The maximum Gasteiger partial charge on any atom is 0.211 e. The van der Waals surface area contributed by atoms with E-state index in [2.05, 4.69) is 28.6 Å². The Hall–Kier alpha value is -1.80. The van der Waals surface area contributed by atoms with Crippen molar-refractivity contribution in [3.8, 4) is 5.75 Å². The fourth-order valence-corrected chi connectivity index (χ4v) is 3.69. The van der Waals surface area contributed by atoms with Crippen LogP contribution < -0.4 is 15.4 Å². The van der Waals surface area contributed by atoms with Gasteiger partial charge < -0.3 is 15.4 Å². The smallest absolute Gasteiger partial charge is 0.211 e. The van der Waals surface area contributed by atoms with Crippen molar-refractivity contribution in [2.45, 2.75) is 33.6 Å². The molecule has 0 aromatic heterocycles. The molecule has 154 valence electrons. The lowest BCUT2D eigenvalue weighted by molar-refractivity contribution is 0.409. The molecule has 0 fully saturated rings. The third kappa shape index (κ3) is 8.62. The van der Waals surface area contributed by atoms with Gasteiger partial charge in [0.15, 0.2) is 5.96 Å². The van der Waals surface area contributed by atoms with Crippen LogP contribution in [0.2, 0.25) is 0 Å². The molecule has 0 atom stereocenters. The van der Waals surface area contributed by atoms with Gasteiger partial charge in [0, 0.05) is 32.7 Å². The lowest BCUT2D eigenvalue weighted by Crippen LogP contribution is -2.38. The summed E-state index contributed by atoms with van der Waals surface area (Å²) in [6, 6.07) is 6.16. The van der Waals surface area contributed by atoms with Gasteiger partial charge in [-0.3, -0.25) is 4.99 Å². The van der Waals surface area contributed by atoms with Crippen LogP contribution in [0.1, 0.15) is 31.4 Å². The van der Waals surface area contributed by atoms with E-state index in [1.54, 1.807) is 7.11 Å². The first kappa shape index (κ1) is 23.2. The van der Waals surface area contributed by atoms with Gasteiger partial charge in [0.05, 0.1) is 13.4 Å². The molecule has 2 N–H and O–H groups in total. The lowest BCUT2D eigenvalue weighted by Gasteiger charge is -2.17. The Balaban J connectivity index is 2.54. The number of rotatable bonds is 11. The van der Waals surface area contributed by atoms with Crippen LogP contribution >= 0.6 is 0 Å². The molecule has 0 spiro atoms. The van der Waals surface area contributed by atoms with E-state index in [9.17, 15) is 8.42 Å². The first-order valence-corrected chi connectivity index (χ1v) is 11.3. The van der Waals surface area contributed by atoms with Gasteiger partial charge in [-0.15, -0.1) is 0 Å². The van der Waals surface area contributed by atoms with Crippen molar-refractivity contribution >= 4 is 16.0 Å². The number of nitrogens with zero attached hydrogens (tertiary/aromatic N) is 2. The highest BCUT2D eigenvalue weighted by molar-refractivity contribution is 7.88. The van der Waals surface area contributed by atoms with Crippen molar-refractivity contribution in [1.82, 2.24) is 14.9 Å². The quantitative estimate of drug-likeness (QED) is 0.337. The Bertz CT molecular complexity index is 705. The van der Waals surface area contributed by atoms with E-state index in [-0.39, 0.29) is 0 Å². The summed E-state index contributed by atoms with van der Waals surface area (Å²) in [6.45, 7) is 8.96. The van der Waals surface area contributed by atoms with E-state index in [4.69, 9.17) is 4.74 Å². The number of nitrogens with one attached hydrogen (secondary N) is 2. The number of hydrogen-bond acceptors (Lipinski definition) is 4. The predicted molar refractivity (Wildman–Crippen MR) is 112 cm³/mol. The first-order valence-electron chi connectivity index (χ1n) is 9.42. The van der Waals surface area contributed by atoms with Crippen LogP contribution in [0.3, 0.4) is 0 Å². The van der Waals surface area contributed by atoms with Crippen molar-refractivity contribution in [3.05, 3.63) is 29.3 Å². The Kier molecular flexibility index (Phi) is 10.2. The number of ether oxygens (including phenoxy) is 1. The molecule has 0 aliphatic heterocycles. The van der Waals surface area contributed by atoms with Crippen LogP contribution in [0, 0.1) is 6.92 Å². The van der Waals surface area contributed by atoms with E-state index in [0.29, 0.717) is 26.1 Å². The van der Waals surface area contributed by atoms with E-state index in [1.165, 1.54) is 16.1 Å². The molecule has 0 amide bonds. The third-order valence-electron chi connectivity index (χ3n) is 4.12. The Morgan fingerprint density at radius 1 is 1.26 bits per heavy atom. The molecular weight excluding hydrogens is 364 g/mol. The van der Waals surface area contributed by atoms with E-state index in [1.807, 2.05) is 26.0 Å². The monoisotopic (exact) mass is 398 g/mol. The molecule has 1 aromatic rings. The fraction of sp³-hybridized carbons (Fsp3) is 0.632. The van der Waals surface area contributed by atoms with Crippen molar-refractivity contribution in [3.63, 3.8) is 0 Å². The normalized spacial score (nSPS) is 12.3. The number of aryl methyl sites for hydroxylation is 1. The third-order valence-corrected chi connectivity index (χ3v) is 5.50. The molecule has 0 radical (unpaired) electrons. The number of sulfonamides is 1. The molecule has 8 heteroatoms. The fourth-order valence-electron chi connectivity index (χ4n) is 2.76. The number of hydrogen-bond donors (Lipinski definition) is 2. The highest BCUT2D eigenvalue weighted by atomic mass is 32.2. The number of aliphatic imine (C=N–C) groups is 1. The van der Waals surface area contributed by atoms with Crippen molar-refractivity contribution in [2.24, 2.45) is 4.99 Å². The average molecular weight is 399 g/mol. The van der Waals surface area contributed by atoms with Gasteiger partial charge >= 0.3 is 0 Å². The van der Waals surface area contributed by atoms with Crippen molar-refractivity contribution < 1.29 is 13.2 Å².